The molecule has 0 aromatic heterocycles. The smallest absolute Gasteiger partial charge is 0.0518 e. The van der Waals surface area contributed by atoms with Gasteiger partial charge in [-0.3, -0.25) is 0 Å². The summed E-state index contributed by atoms with van der Waals surface area (Å²) in [6.45, 7) is 7.05. The van der Waals surface area contributed by atoms with Crippen LogP contribution in [0.2, 0.25) is 0 Å². The molecule has 0 atom stereocenters. The average Bonchev–Trinajstić information content (AvgIpc) is 3.18. The third-order valence-corrected chi connectivity index (χ3v) is 3.34. The summed E-state index contributed by atoms with van der Waals surface area (Å²) in [5, 5.41) is 3.52. The van der Waals surface area contributed by atoms with Crippen LogP contribution in [0.4, 0.5) is 0 Å². The van der Waals surface area contributed by atoms with Crippen LogP contribution < -0.4 is 5.32 Å². The third-order valence-electron chi connectivity index (χ3n) is 3.34. The van der Waals surface area contributed by atoms with Gasteiger partial charge in [0, 0.05) is 13.2 Å². The Labute approximate surface area is 111 Å². The molecular weight excluding hydrogens is 222 g/mol. The Balaban J connectivity index is 1.67. The normalized spacial score (nSPS) is 15.3. The predicted octanol–water partition coefficient (Wildman–Crippen LogP) is 3.47. The Kier molecular flexibility index (Phi) is 5.21. The fourth-order valence-corrected chi connectivity index (χ4v) is 2.23. The molecule has 100 valence electrons. The minimum Gasteiger partial charge on any atom is -0.379 e. The summed E-state index contributed by atoms with van der Waals surface area (Å²) >= 11 is 0. The molecule has 2 heteroatoms. The van der Waals surface area contributed by atoms with Crippen molar-refractivity contribution >= 4 is 0 Å². The summed E-state index contributed by atoms with van der Waals surface area (Å²) in [4.78, 5) is 0. The molecule has 0 aliphatic heterocycles. The maximum Gasteiger partial charge on any atom is 0.0518 e. The molecule has 0 radical (unpaired) electrons. The van der Waals surface area contributed by atoms with Gasteiger partial charge < -0.3 is 10.1 Å². The van der Waals surface area contributed by atoms with E-state index < -0.39 is 0 Å². The van der Waals surface area contributed by atoms with E-state index in [1.807, 2.05) is 0 Å². The highest BCUT2D eigenvalue weighted by Crippen LogP contribution is 2.41. The molecule has 0 heterocycles. The molecular formula is C16H25NO. The zero-order valence-electron chi connectivity index (χ0n) is 11.6. The van der Waals surface area contributed by atoms with Gasteiger partial charge in [-0.25, -0.2) is 0 Å². The molecule has 1 fully saturated rings. The molecule has 0 amide bonds. The van der Waals surface area contributed by atoms with E-state index in [2.05, 4.69) is 43.4 Å². The lowest BCUT2D eigenvalue weighted by atomic mass is 10.0. The summed E-state index contributed by atoms with van der Waals surface area (Å²) in [5.74, 6) is 0.840. The quantitative estimate of drug-likeness (QED) is 0.710. The number of ether oxygens (including phenoxy) is 1. The van der Waals surface area contributed by atoms with Gasteiger partial charge >= 0.3 is 0 Å². The lowest BCUT2D eigenvalue weighted by Gasteiger charge is -2.11. The van der Waals surface area contributed by atoms with Crippen molar-refractivity contribution < 1.29 is 4.74 Å². The summed E-state index contributed by atoms with van der Waals surface area (Å²) in [6, 6.07) is 8.85. The SMILES string of the molecule is CC(C)OCCCNCc1ccccc1C1CC1. The number of rotatable bonds is 8. The zero-order valence-corrected chi connectivity index (χ0v) is 11.6. The highest BCUT2D eigenvalue weighted by Gasteiger charge is 2.25. The van der Waals surface area contributed by atoms with E-state index in [0.29, 0.717) is 6.10 Å². The molecule has 0 saturated heterocycles. The Hall–Kier alpha value is -0.860. The van der Waals surface area contributed by atoms with Crippen LogP contribution in [0, 0.1) is 0 Å². The highest BCUT2D eigenvalue weighted by atomic mass is 16.5. The van der Waals surface area contributed by atoms with E-state index in [0.717, 1.165) is 32.0 Å². The van der Waals surface area contributed by atoms with Gasteiger partial charge in [0.05, 0.1) is 6.10 Å². The van der Waals surface area contributed by atoms with Crippen molar-refractivity contribution in [3.63, 3.8) is 0 Å². The lowest BCUT2D eigenvalue weighted by molar-refractivity contribution is 0.0770. The Morgan fingerprint density at radius 1 is 1.28 bits per heavy atom. The molecule has 0 spiro atoms. The van der Waals surface area contributed by atoms with Gasteiger partial charge in [0.25, 0.3) is 0 Å². The van der Waals surface area contributed by atoms with Gasteiger partial charge in [-0.05, 0) is 56.7 Å². The molecule has 1 saturated carbocycles. The molecule has 2 rings (SSSR count). The molecule has 0 unspecified atom stereocenters. The summed E-state index contributed by atoms with van der Waals surface area (Å²) in [6.07, 6.45) is 4.18. The maximum absolute atomic E-state index is 5.53. The summed E-state index contributed by atoms with van der Waals surface area (Å²) < 4.78 is 5.53. The molecule has 1 N–H and O–H groups in total. The number of nitrogens with one attached hydrogen (secondary N) is 1. The first-order chi connectivity index (χ1) is 8.77. The summed E-state index contributed by atoms with van der Waals surface area (Å²) in [7, 11) is 0. The van der Waals surface area contributed by atoms with Crippen molar-refractivity contribution in [2.45, 2.75) is 51.7 Å². The fourth-order valence-electron chi connectivity index (χ4n) is 2.23. The first kappa shape index (κ1) is 13.6. The Morgan fingerprint density at radius 3 is 2.78 bits per heavy atom. The minimum absolute atomic E-state index is 0.348. The Morgan fingerprint density at radius 2 is 2.06 bits per heavy atom. The molecule has 2 nitrogen and oxygen atoms in total. The van der Waals surface area contributed by atoms with Gasteiger partial charge in [-0.15, -0.1) is 0 Å². The highest BCUT2D eigenvalue weighted by molar-refractivity contribution is 5.33. The standard InChI is InChI=1S/C16H25NO/c1-13(2)18-11-5-10-17-12-15-6-3-4-7-16(15)14-8-9-14/h3-4,6-7,13-14,17H,5,8-12H2,1-2H3. The molecule has 1 aromatic rings. The fraction of sp³-hybridized carbons (Fsp3) is 0.625. The van der Waals surface area contributed by atoms with Crippen molar-refractivity contribution in [3.05, 3.63) is 35.4 Å². The van der Waals surface area contributed by atoms with Crippen LogP contribution in [0.5, 0.6) is 0 Å². The van der Waals surface area contributed by atoms with Gasteiger partial charge in [0.1, 0.15) is 0 Å². The van der Waals surface area contributed by atoms with Crippen molar-refractivity contribution in [2.24, 2.45) is 0 Å². The molecule has 18 heavy (non-hydrogen) atoms. The van der Waals surface area contributed by atoms with E-state index in [-0.39, 0.29) is 0 Å². The van der Waals surface area contributed by atoms with Crippen LogP contribution in [0.1, 0.15) is 50.2 Å². The van der Waals surface area contributed by atoms with E-state index in [4.69, 9.17) is 4.74 Å². The summed E-state index contributed by atoms with van der Waals surface area (Å²) in [5.41, 5.74) is 3.04. The maximum atomic E-state index is 5.53. The second-order valence-electron chi connectivity index (χ2n) is 5.42. The second kappa shape index (κ2) is 6.91. The monoisotopic (exact) mass is 247 g/mol. The van der Waals surface area contributed by atoms with Gasteiger partial charge in [-0.1, -0.05) is 24.3 Å². The van der Waals surface area contributed by atoms with E-state index in [9.17, 15) is 0 Å². The van der Waals surface area contributed by atoms with Crippen LogP contribution in [-0.4, -0.2) is 19.3 Å². The Bertz CT molecular complexity index is 358. The molecule has 1 aliphatic rings. The lowest BCUT2D eigenvalue weighted by Crippen LogP contribution is -2.18. The van der Waals surface area contributed by atoms with Gasteiger partial charge in [-0.2, -0.15) is 0 Å². The van der Waals surface area contributed by atoms with Crippen LogP contribution in [-0.2, 0) is 11.3 Å². The number of hydrogen-bond acceptors (Lipinski definition) is 2. The number of benzene rings is 1. The van der Waals surface area contributed by atoms with Crippen LogP contribution in [0.25, 0.3) is 0 Å². The van der Waals surface area contributed by atoms with Crippen LogP contribution in [0.15, 0.2) is 24.3 Å². The molecule has 0 bridgehead atoms. The van der Waals surface area contributed by atoms with Crippen LogP contribution in [0.3, 0.4) is 0 Å². The number of hydrogen-bond donors (Lipinski definition) is 1. The van der Waals surface area contributed by atoms with E-state index in [1.165, 1.54) is 18.4 Å². The third kappa shape index (κ3) is 4.43. The first-order valence-electron chi connectivity index (χ1n) is 7.17. The van der Waals surface area contributed by atoms with Crippen molar-refractivity contribution in [1.82, 2.24) is 5.32 Å². The van der Waals surface area contributed by atoms with Crippen molar-refractivity contribution in [3.8, 4) is 0 Å². The van der Waals surface area contributed by atoms with E-state index >= 15 is 0 Å². The molecule has 1 aromatic carbocycles. The largest absolute Gasteiger partial charge is 0.379 e. The van der Waals surface area contributed by atoms with Crippen molar-refractivity contribution in [2.75, 3.05) is 13.2 Å². The second-order valence-corrected chi connectivity index (χ2v) is 5.42. The predicted molar refractivity (Wildman–Crippen MR) is 75.8 cm³/mol. The average molecular weight is 247 g/mol. The van der Waals surface area contributed by atoms with Gasteiger partial charge in [0.2, 0.25) is 0 Å². The van der Waals surface area contributed by atoms with Crippen LogP contribution >= 0.6 is 0 Å². The van der Waals surface area contributed by atoms with Gasteiger partial charge in [0.15, 0.2) is 0 Å². The molecule has 1 aliphatic carbocycles. The van der Waals surface area contributed by atoms with Crippen molar-refractivity contribution in [1.29, 1.82) is 0 Å². The first-order valence-corrected chi connectivity index (χ1v) is 7.17. The zero-order chi connectivity index (χ0) is 12.8. The topological polar surface area (TPSA) is 21.3 Å². The van der Waals surface area contributed by atoms with E-state index in [1.54, 1.807) is 5.56 Å². The minimum atomic E-state index is 0.348.